The monoisotopic (exact) mass is 240 g/mol. The Balaban J connectivity index is 3.20. The Kier molecular flexibility index (Phi) is 4.68. The third-order valence-electron chi connectivity index (χ3n) is 2.41. The summed E-state index contributed by atoms with van der Waals surface area (Å²) in [5, 5.41) is 8.81. The summed E-state index contributed by atoms with van der Waals surface area (Å²) in [6.07, 6.45) is 2.91. The van der Waals surface area contributed by atoms with E-state index < -0.39 is 5.97 Å². The lowest BCUT2D eigenvalue weighted by atomic mass is 10.1. The molecule has 3 nitrogen and oxygen atoms in total. The zero-order valence-electron chi connectivity index (χ0n) is 9.74. The van der Waals surface area contributed by atoms with E-state index in [9.17, 15) is 4.79 Å². The van der Waals surface area contributed by atoms with Gasteiger partial charge < -0.3 is 9.84 Å². The largest absolute Gasteiger partial charge is 0.496 e. The number of aliphatic carboxylic acids is 1. The van der Waals surface area contributed by atoms with E-state index in [1.165, 1.54) is 5.56 Å². The minimum Gasteiger partial charge on any atom is -0.496 e. The average molecular weight is 240 g/mol. The SMILES string of the molecule is CCc1cc(OC)c(CC(=O)O)cc1SC. The van der Waals surface area contributed by atoms with Gasteiger partial charge in [0.25, 0.3) is 0 Å². The number of hydrogen-bond acceptors (Lipinski definition) is 3. The maximum Gasteiger partial charge on any atom is 0.307 e. The van der Waals surface area contributed by atoms with Crippen LogP contribution in [0.3, 0.4) is 0 Å². The number of carboxylic acids is 1. The van der Waals surface area contributed by atoms with Gasteiger partial charge in [0, 0.05) is 10.5 Å². The molecule has 0 spiro atoms. The molecule has 0 heterocycles. The summed E-state index contributed by atoms with van der Waals surface area (Å²) in [6.45, 7) is 2.07. The molecule has 0 saturated heterocycles. The minimum atomic E-state index is -0.838. The summed E-state index contributed by atoms with van der Waals surface area (Å²) in [7, 11) is 1.57. The molecule has 1 N–H and O–H groups in total. The fourth-order valence-corrected chi connectivity index (χ4v) is 2.33. The fraction of sp³-hybridized carbons (Fsp3) is 0.417. The molecule has 1 aromatic rings. The molecular weight excluding hydrogens is 224 g/mol. The van der Waals surface area contributed by atoms with Crippen LogP contribution in [0.2, 0.25) is 0 Å². The lowest BCUT2D eigenvalue weighted by Crippen LogP contribution is -2.03. The summed E-state index contributed by atoms with van der Waals surface area (Å²) in [5.41, 5.74) is 1.93. The molecule has 0 unspecified atom stereocenters. The number of carbonyl (C=O) groups is 1. The molecule has 1 rings (SSSR count). The van der Waals surface area contributed by atoms with Crippen LogP contribution in [0, 0.1) is 0 Å². The van der Waals surface area contributed by atoms with Crippen LogP contribution in [0.25, 0.3) is 0 Å². The second kappa shape index (κ2) is 5.80. The Morgan fingerprint density at radius 2 is 2.12 bits per heavy atom. The molecule has 0 amide bonds. The van der Waals surface area contributed by atoms with E-state index in [1.54, 1.807) is 18.9 Å². The smallest absolute Gasteiger partial charge is 0.307 e. The van der Waals surface area contributed by atoms with Crippen molar-refractivity contribution in [1.29, 1.82) is 0 Å². The molecule has 16 heavy (non-hydrogen) atoms. The van der Waals surface area contributed by atoms with Crippen LogP contribution in [0.5, 0.6) is 5.75 Å². The van der Waals surface area contributed by atoms with Gasteiger partial charge in [0.05, 0.1) is 13.5 Å². The molecule has 0 aliphatic rings. The molecule has 4 heteroatoms. The van der Waals surface area contributed by atoms with Gasteiger partial charge in [-0.2, -0.15) is 0 Å². The van der Waals surface area contributed by atoms with Crippen molar-refractivity contribution in [2.45, 2.75) is 24.7 Å². The highest BCUT2D eigenvalue weighted by molar-refractivity contribution is 7.98. The number of methoxy groups -OCH3 is 1. The normalized spacial score (nSPS) is 10.2. The minimum absolute atomic E-state index is 0.000722. The first-order chi connectivity index (χ1) is 7.62. The first kappa shape index (κ1) is 12.9. The van der Waals surface area contributed by atoms with Crippen LogP contribution in [-0.4, -0.2) is 24.4 Å². The first-order valence-corrected chi connectivity index (χ1v) is 6.30. The summed E-state index contributed by atoms with van der Waals surface area (Å²) >= 11 is 1.63. The van der Waals surface area contributed by atoms with Gasteiger partial charge in [-0.3, -0.25) is 4.79 Å². The summed E-state index contributed by atoms with van der Waals surface area (Å²) in [6, 6.07) is 3.85. The molecule has 0 fully saturated rings. The quantitative estimate of drug-likeness (QED) is 0.804. The van der Waals surface area contributed by atoms with E-state index >= 15 is 0 Å². The van der Waals surface area contributed by atoms with Crippen LogP contribution in [0.1, 0.15) is 18.1 Å². The number of rotatable bonds is 5. The topological polar surface area (TPSA) is 46.5 Å². The Morgan fingerprint density at radius 3 is 2.56 bits per heavy atom. The Hall–Kier alpha value is -1.16. The Morgan fingerprint density at radius 1 is 1.44 bits per heavy atom. The number of thioether (sulfide) groups is 1. The van der Waals surface area contributed by atoms with Crippen molar-refractivity contribution >= 4 is 17.7 Å². The van der Waals surface area contributed by atoms with Crippen LogP contribution < -0.4 is 4.74 Å². The summed E-state index contributed by atoms with van der Waals surface area (Å²) < 4.78 is 5.22. The highest BCUT2D eigenvalue weighted by Gasteiger charge is 2.11. The van der Waals surface area contributed by atoms with Gasteiger partial charge in [0.15, 0.2) is 0 Å². The van der Waals surface area contributed by atoms with Crippen molar-refractivity contribution in [3.05, 3.63) is 23.3 Å². The van der Waals surface area contributed by atoms with Gasteiger partial charge in [-0.05, 0) is 30.4 Å². The lowest BCUT2D eigenvalue weighted by molar-refractivity contribution is -0.136. The van der Waals surface area contributed by atoms with E-state index in [4.69, 9.17) is 9.84 Å². The van der Waals surface area contributed by atoms with Crippen molar-refractivity contribution in [1.82, 2.24) is 0 Å². The molecule has 0 atom stereocenters. The van der Waals surface area contributed by atoms with E-state index in [0.29, 0.717) is 5.75 Å². The molecule has 88 valence electrons. The van der Waals surface area contributed by atoms with Crippen LogP contribution >= 0.6 is 11.8 Å². The third kappa shape index (κ3) is 2.92. The van der Waals surface area contributed by atoms with Gasteiger partial charge >= 0.3 is 5.97 Å². The molecule has 0 aromatic heterocycles. The molecule has 0 saturated carbocycles. The molecule has 0 aliphatic heterocycles. The van der Waals surface area contributed by atoms with Gasteiger partial charge in [0.1, 0.15) is 5.75 Å². The fourth-order valence-electron chi connectivity index (χ4n) is 1.60. The maximum atomic E-state index is 10.7. The third-order valence-corrected chi connectivity index (χ3v) is 3.23. The van der Waals surface area contributed by atoms with Gasteiger partial charge in [-0.15, -0.1) is 11.8 Å². The lowest BCUT2D eigenvalue weighted by Gasteiger charge is -2.12. The van der Waals surface area contributed by atoms with E-state index in [1.807, 2.05) is 18.4 Å². The molecule has 1 aromatic carbocycles. The predicted octanol–water partition coefficient (Wildman–Crippen LogP) is 2.61. The van der Waals surface area contributed by atoms with Gasteiger partial charge in [-0.25, -0.2) is 0 Å². The van der Waals surface area contributed by atoms with Crippen molar-refractivity contribution < 1.29 is 14.6 Å². The molecule has 0 bridgehead atoms. The standard InChI is InChI=1S/C12H16O3S/c1-4-8-5-10(15-2)9(7-12(13)14)6-11(8)16-3/h5-6H,4,7H2,1-3H3,(H,13,14). The van der Waals surface area contributed by atoms with E-state index in [-0.39, 0.29) is 6.42 Å². The maximum absolute atomic E-state index is 10.7. The number of hydrogen-bond donors (Lipinski definition) is 1. The van der Waals surface area contributed by atoms with E-state index in [2.05, 4.69) is 6.92 Å². The van der Waals surface area contributed by atoms with Gasteiger partial charge in [-0.1, -0.05) is 6.92 Å². The molecular formula is C12H16O3S. The second-order valence-electron chi connectivity index (χ2n) is 3.40. The summed E-state index contributed by atoms with van der Waals surface area (Å²) in [5.74, 6) is -0.174. The highest BCUT2D eigenvalue weighted by Crippen LogP contribution is 2.29. The predicted molar refractivity (Wildman–Crippen MR) is 65.5 cm³/mol. The van der Waals surface area contributed by atoms with Crippen molar-refractivity contribution in [2.75, 3.05) is 13.4 Å². The van der Waals surface area contributed by atoms with Gasteiger partial charge in [0.2, 0.25) is 0 Å². The summed E-state index contributed by atoms with van der Waals surface area (Å²) in [4.78, 5) is 11.9. The van der Waals surface area contributed by atoms with Crippen LogP contribution in [0.4, 0.5) is 0 Å². The highest BCUT2D eigenvalue weighted by atomic mass is 32.2. The second-order valence-corrected chi connectivity index (χ2v) is 4.25. The van der Waals surface area contributed by atoms with Crippen molar-refractivity contribution in [3.63, 3.8) is 0 Å². The number of benzene rings is 1. The average Bonchev–Trinajstić information content (AvgIpc) is 2.27. The first-order valence-electron chi connectivity index (χ1n) is 5.07. The van der Waals surface area contributed by atoms with Crippen LogP contribution in [0.15, 0.2) is 17.0 Å². The number of carboxylic acid groups (broad SMARTS) is 1. The molecule has 0 aliphatic carbocycles. The molecule has 0 radical (unpaired) electrons. The van der Waals surface area contributed by atoms with Crippen LogP contribution in [-0.2, 0) is 17.6 Å². The number of ether oxygens (including phenoxy) is 1. The zero-order chi connectivity index (χ0) is 12.1. The Labute approximate surface area is 99.8 Å². The number of aryl methyl sites for hydroxylation is 1. The van der Waals surface area contributed by atoms with Crippen molar-refractivity contribution in [2.24, 2.45) is 0 Å². The van der Waals surface area contributed by atoms with E-state index in [0.717, 1.165) is 16.9 Å². The Bertz CT molecular complexity index is 388. The zero-order valence-corrected chi connectivity index (χ0v) is 10.6. The van der Waals surface area contributed by atoms with Crippen molar-refractivity contribution in [3.8, 4) is 5.75 Å².